The molecule has 1 aliphatic rings. The minimum Gasteiger partial charge on any atom is -0.422 e. The smallest absolute Gasteiger partial charge is 0.252 e. The van der Waals surface area contributed by atoms with Crippen molar-refractivity contribution in [1.82, 2.24) is 15.0 Å². The van der Waals surface area contributed by atoms with E-state index in [1.807, 2.05) is 13.8 Å². The first kappa shape index (κ1) is 15.2. The van der Waals surface area contributed by atoms with Gasteiger partial charge in [-0.1, -0.05) is 6.92 Å². The molecule has 0 radical (unpaired) electrons. The highest BCUT2D eigenvalue weighted by molar-refractivity contribution is 5.82. The van der Waals surface area contributed by atoms with Gasteiger partial charge in [0, 0.05) is 33.7 Å². The zero-order chi connectivity index (χ0) is 15.7. The van der Waals surface area contributed by atoms with Crippen molar-refractivity contribution < 1.29 is 9.15 Å². The van der Waals surface area contributed by atoms with E-state index in [0.29, 0.717) is 23.4 Å². The molecule has 3 rings (SSSR count). The minimum atomic E-state index is 0.592. The van der Waals surface area contributed by atoms with Crippen LogP contribution in [0.25, 0.3) is 11.2 Å². The fourth-order valence-corrected chi connectivity index (χ4v) is 3.32. The summed E-state index contributed by atoms with van der Waals surface area (Å²) in [4.78, 5) is 15.7. The van der Waals surface area contributed by atoms with E-state index in [-0.39, 0.29) is 0 Å². The van der Waals surface area contributed by atoms with Gasteiger partial charge in [-0.3, -0.25) is 0 Å². The lowest BCUT2D eigenvalue weighted by atomic mass is 9.86. The lowest BCUT2D eigenvalue weighted by Crippen LogP contribution is -2.37. The van der Waals surface area contributed by atoms with E-state index >= 15 is 0 Å². The molecular weight excluding hydrogens is 280 g/mol. The van der Waals surface area contributed by atoms with Crippen LogP contribution in [0.4, 0.5) is 5.82 Å². The van der Waals surface area contributed by atoms with Crippen molar-refractivity contribution in [2.45, 2.75) is 33.6 Å². The number of hydrogen-bond acceptors (Lipinski definition) is 6. The van der Waals surface area contributed by atoms with E-state index < -0.39 is 0 Å². The van der Waals surface area contributed by atoms with Crippen molar-refractivity contribution in [2.75, 3.05) is 31.7 Å². The summed E-state index contributed by atoms with van der Waals surface area (Å²) in [6, 6.07) is 0. The number of rotatable bonds is 4. The average molecular weight is 304 g/mol. The highest BCUT2D eigenvalue weighted by Crippen LogP contribution is 2.30. The Bertz CT molecular complexity index is 647. The van der Waals surface area contributed by atoms with Crippen molar-refractivity contribution >= 4 is 17.0 Å². The lowest BCUT2D eigenvalue weighted by molar-refractivity contribution is 0.120. The van der Waals surface area contributed by atoms with Gasteiger partial charge in [-0.05, 0) is 31.6 Å². The molecule has 3 heterocycles. The summed E-state index contributed by atoms with van der Waals surface area (Å²) in [7, 11) is 1.78. The molecule has 6 heteroatoms. The lowest BCUT2D eigenvalue weighted by Gasteiger charge is -2.35. The Morgan fingerprint density at radius 1 is 1.23 bits per heavy atom. The Hall–Kier alpha value is -1.69. The number of anilines is 1. The molecule has 2 aromatic rings. The molecule has 0 aliphatic carbocycles. The molecule has 0 aromatic carbocycles. The molecular formula is C16H24N4O2. The first-order valence-electron chi connectivity index (χ1n) is 7.94. The van der Waals surface area contributed by atoms with E-state index in [1.54, 1.807) is 7.11 Å². The van der Waals surface area contributed by atoms with E-state index in [4.69, 9.17) is 9.15 Å². The number of aryl methyl sites for hydroxylation is 2. The van der Waals surface area contributed by atoms with E-state index in [1.165, 1.54) is 0 Å². The SMILES string of the molecule is COCC(C)C1CCN(c2nc(C)nc3oc(C)nc23)CC1. The number of methoxy groups -OCH3 is 1. The van der Waals surface area contributed by atoms with Gasteiger partial charge in [0.05, 0.1) is 0 Å². The Kier molecular flexibility index (Phi) is 4.29. The Labute approximate surface area is 130 Å². The highest BCUT2D eigenvalue weighted by atomic mass is 16.5. The van der Waals surface area contributed by atoms with Crippen molar-refractivity contribution in [3.05, 3.63) is 11.7 Å². The number of piperidine rings is 1. The van der Waals surface area contributed by atoms with Crippen molar-refractivity contribution in [2.24, 2.45) is 11.8 Å². The molecule has 0 N–H and O–H groups in total. The largest absolute Gasteiger partial charge is 0.422 e. The van der Waals surface area contributed by atoms with Gasteiger partial charge >= 0.3 is 0 Å². The van der Waals surface area contributed by atoms with Crippen molar-refractivity contribution in [1.29, 1.82) is 0 Å². The third-order valence-electron chi connectivity index (χ3n) is 4.53. The summed E-state index contributed by atoms with van der Waals surface area (Å²) in [6.45, 7) is 8.85. The molecule has 6 nitrogen and oxygen atoms in total. The minimum absolute atomic E-state index is 0.592. The number of ether oxygens (including phenoxy) is 1. The van der Waals surface area contributed by atoms with Gasteiger partial charge in [0.1, 0.15) is 5.82 Å². The Balaban J connectivity index is 1.79. The quantitative estimate of drug-likeness (QED) is 0.865. The molecule has 1 aliphatic heterocycles. The van der Waals surface area contributed by atoms with Crippen LogP contribution in [-0.2, 0) is 4.74 Å². The third kappa shape index (κ3) is 2.92. The van der Waals surface area contributed by atoms with Crippen LogP contribution in [0.3, 0.4) is 0 Å². The first-order chi connectivity index (χ1) is 10.6. The highest BCUT2D eigenvalue weighted by Gasteiger charge is 2.26. The number of oxazole rings is 1. The number of nitrogens with zero attached hydrogens (tertiary/aromatic N) is 4. The van der Waals surface area contributed by atoms with Gasteiger partial charge < -0.3 is 14.1 Å². The normalized spacial score (nSPS) is 18.1. The van der Waals surface area contributed by atoms with Crippen LogP contribution < -0.4 is 4.90 Å². The second-order valence-corrected chi connectivity index (χ2v) is 6.24. The van der Waals surface area contributed by atoms with Crippen LogP contribution in [0, 0.1) is 25.7 Å². The maximum atomic E-state index is 5.57. The van der Waals surface area contributed by atoms with Gasteiger partial charge in [0.2, 0.25) is 0 Å². The van der Waals surface area contributed by atoms with Gasteiger partial charge in [-0.15, -0.1) is 0 Å². The van der Waals surface area contributed by atoms with Crippen LogP contribution in [0.2, 0.25) is 0 Å². The summed E-state index contributed by atoms with van der Waals surface area (Å²) < 4.78 is 10.9. The zero-order valence-corrected chi connectivity index (χ0v) is 13.8. The zero-order valence-electron chi connectivity index (χ0n) is 13.8. The Morgan fingerprint density at radius 3 is 2.64 bits per heavy atom. The molecule has 1 saturated heterocycles. The molecule has 0 amide bonds. The molecule has 0 saturated carbocycles. The number of aromatic nitrogens is 3. The third-order valence-corrected chi connectivity index (χ3v) is 4.53. The van der Waals surface area contributed by atoms with E-state index in [9.17, 15) is 0 Å². The molecule has 120 valence electrons. The van der Waals surface area contributed by atoms with Gasteiger partial charge in [0.25, 0.3) is 5.71 Å². The van der Waals surface area contributed by atoms with E-state index in [2.05, 4.69) is 26.8 Å². The number of fused-ring (bicyclic) bond motifs is 1. The number of hydrogen-bond donors (Lipinski definition) is 0. The molecule has 1 fully saturated rings. The standard InChI is InChI=1S/C16H24N4O2/c1-10(9-21-4)13-5-7-20(8-6-13)15-14-16(18-11(2)17-15)22-12(3)19-14/h10,13H,5-9H2,1-4H3. The molecule has 0 bridgehead atoms. The summed E-state index contributed by atoms with van der Waals surface area (Å²) in [5.41, 5.74) is 1.38. The van der Waals surface area contributed by atoms with Crippen LogP contribution in [-0.4, -0.2) is 41.8 Å². The van der Waals surface area contributed by atoms with Gasteiger partial charge in [0.15, 0.2) is 17.2 Å². The maximum Gasteiger partial charge on any atom is 0.252 e. The molecule has 2 aromatic heterocycles. The molecule has 1 atom stereocenters. The fourth-order valence-electron chi connectivity index (χ4n) is 3.32. The maximum absolute atomic E-state index is 5.57. The van der Waals surface area contributed by atoms with Gasteiger partial charge in [-0.25, -0.2) is 9.97 Å². The van der Waals surface area contributed by atoms with Crippen molar-refractivity contribution in [3.63, 3.8) is 0 Å². The van der Waals surface area contributed by atoms with Crippen LogP contribution in [0.15, 0.2) is 4.42 Å². The van der Waals surface area contributed by atoms with Crippen LogP contribution in [0.5, 0.6) is 0 Å². The van der Waals surface area contributed by atoms with Crippen LogP contribution in [0.1, 0.15) is 31.5 Å². The average Bonchev–Trinajstić information content (AvgIpc) is 2.87. The summed E-state index contributed by atoms with van der Waals surface area (Å²) >= 11 is 0. The van der Waals surface area contributed by atoms with E-state index in [0.717, 1.165) is 49.7 Å². The summed E-state index contributed by atoms with van der Waals surface area (Å²) in [5, 5.41) is 0. The second kappa shape index (κ2) is 6.20. The Morgan fingerprint density at radius 2 is 1.95 bits per heavy atom. The molecule has 22 heavy (non-hydrogen) atoms. The summed E-state index contributed by atoms with van der Waals surface area (Å²) in [6.07, 6.45) is 2.32. The van der Waals surface area contributed by atoms with Crippen LogP contribution >= 0.6 is 0 Å². The van der Waals surface area contributed by atoms with Crippen molar-refractivity contribution in [3.8, 4) is 0 Å². The predicted octanol–water partition coefficient (Wildman–Crippen LogP) is 2.73. The topological polar surface area (TPSA) is 64.3 Å². The monoisotopic (exact) mass is 304 g/mol. The van der Waals surface area contributed by atoms with Gasteiger partial charge in [-0.2, -0.15) is 4.98 Å². The fraction of sp³-hybridized carbons (Fsp3) is 0.688. The second-order valence-electron chi connectivity index (χ2n) is 6.24. The molecule has 1 unspecified atom stereocenters. The molecule has 0 spiro atoms. The first-order valence-corrected chi connectivity index (χ1v) is 7.94. The summed E-state index contributed by atoms with van der Waals surface area (Å²) in [5.74, 6) is 3.60. The predicted molar refractivity (Wildman–Crippen MR) is 85.1 cm³/mol.